The summed E-state index contributed by atoms with van der Waals surface area (Å²) in [5.74, 6) is 0.221. The van der Waals surface area contributed by atoms with Crippen LogP contribution in [0.15, 0.2) is 18.2 Å². The smallest absolute Gasteiger partial charge is 0.223 e. The molecule has 22 heavy (non-hydrogen) atoms. The van der Waals surface area contributed by atoms with Crippen LogP contribution in [-0.2, 0) is 4.79 Å². The number of nitrogens with one attached hydrogen (secondary N) is 1. The normalized spacial score (nSPS) is 20.2. The van der Waals surface area contributed by atoms with Crippen molar-refractivity contribution in [3.8, 4) is 0 Å². The number of nitrogens with two attached hydrogens (primary N) is 1. The van der Waals surface area contributed by atoms with Crippen LogP contribution in [0.3, 0.4) is 0 Å². The number of halogens is 3. The molecule has 3 N–H and O–H groups in total. The summed E-state index contributed by atoms with van der Waals surface area (Å²) in [6, 6.07) is 5.57. The molecule has 1 aliphatic rings. The van der Waals surface area contributed by atoms with Crippen molar-refractivity contribution in [2.24, 2.45) is 11.7 Å². The van der Waals surface area contributed by atoms with Crippen LogP contribution >= 0.6 is 35.6 Å². The summed E-state index contributed by atoms with van der Waals surface area (Å²) in [4.78, 5) is 12.2. The molecule has 0 saturated heterocycles. The molecular formula is C16H23Cl3N2O. The van der Waals surface area contributed by atoms with E-state index in [1.54, 1.807) is 6.07 Å². The van der Waals surface area contributed by atoms with Crippen LogP contribution in [0.5, 0.6) is 0 Å². The van der Waals surface area contributed by atoms with E-state index in [0.29, 0.717) is 16.6 Å². The summed E-state index contributed by atoms with van der Waals surface area (Å²) in [6.45, 7) is 4.61. The van der Waals surface area contributed by atoms with Crippen LogP contribution in [0.2, 0.25) is 10.0 Å². The van der Waals surface area contributed by atoms with Crippen molar-refractivity contribution < 1.29 is 4.79 Å². The molecule has 2 unspecified atom stereocenters. The molecule has 0 heterocycles. The zero-order valence-corrected chi connectivity index (χ0v) is 15.2. The average Bonchev–Trinajstić information content (AvgIpc) is 3.27. The molecule has 1 fully saturated rings. The first-order valence-electron chi connectivity index (χ1n) is 7.42. The molecule has 2 rings (SSSR count). The van der Waals surface area contributed by atoms with E-state index in [9.17, 15) is 4.79 Å². The molecule has 0 bridgehead atoms. The number of hydrogen-bond acceptors (Lipinski definition) is 2. The third-order valence-corrected chi connectivity index (χ3v) is 5.36. The second kappa shape index (κ2) is 7.87. The lowest BCUT2D eigenvalue weighted by Gasteiger charge is -2.26. The predicted octanol–water partition coefficient (Wildman–Crippen LogP) is 4.15. The van der Waals surface area contributed by atoms with Crippen LogP contribution in [-0.4, -0.2) is 18.0 Å². The Hall–Kier alpha value is -0.480. The van der Waals surface area contributed by atoms with Crippen molar-refractivity contribution in [2.45, 2.75) is 44.6 Å². The Morgan fingerprint density at radius 2 is 2.00 bits per heavy atom. The molecule has 1 aliphatic carbocycles. The number of benzene rings is 1. The highest BCUT2D eigenvalue weighted by molar-refractivity contribution is 6.42. The Labute approximate surface area is 148 Å². The van der Waals surface area contributed by atoms with Crippen LogP contribution < -0.4 is 11.1 Å². The molecule has 1 aromatic carbocycles. The molecule has 3 nitrogen and oxygen atoms in total. The minimum Gasteiger partial charge on any atom is -0.354 e. The largest absolute Gasteiger partial charge is 0.354 e. The van der Waals surface area contributed by atoms with Gasteiger partial charge in [-0.2, -0.15) is 0 Å². The van der Waals surface area contributed by atoms with Gasteiger partial charge in [0, 0.05) is 18.0 Å². The van der Waals surface area contributed by atoms with Gasteiger partial charge in [0.05, 0.1) is 10.0 Å². The first-order chi connectivity index (χ1) is 9.91. The SMILES string of the molecule is CCC(N)(CC)CNC(=O)C1CC1c1cccc(Cl)c1Cl.Cl. The van der Waals surface area contributed by atoms with E-state index in [1.165, 1.54) is 0 Å². The lowest BCUT2D eigenvalue weighted by molar-refractivity contribution is -0.122. The van der Waals surface area contributed by atoms with E-state index in [0.717, 1.165) is 24.8 Å². The number of carbonyl (C=O) groups is 1. The highest BCUT2D eigenvalue weighted by Crippen LogP contribution is 2.50. The van der Waals surface area contributed by atoms with Gasteiger partial charge in [0.1, 0.15) is 0 Å². The fourth-order valence-corrected chi connectivity index (χ4v) is 2.98. The van der Waals surface area contributed by atoms with Gasteiger partial charge in [0.25, 0.3) is 0 Å². The Bertz CT molecular complexity index is 532. The summed E-state index contributed by atoms with van der Waals surface area (Å²) in [5, 5.41) is 4.09. The van der Waals surface area contributed by atoms with Gasteiger partial charge < -0.3 is 11.1 Å². The Morgan fingerprint density at radius 1 is 1.36 bits per heavy atom. The van der Waals surface area contributed by atoms with E-state index in [2.05, 4.69) is 5.32 Å². The van der Waals surface area contributed by atoms with Gasteiger partial charge in [-0.3, -0.25) is 4.79 Å². The van der Waals surface area contributed by atoms with Gasteiger partial charge in [-0.25, -0.2) is 0 Å². The summed E-state index contributed by atoms with van der Waals surface area (Å²) in [6.07, 6.45) is 2.51. The average molecular weight is 366 g/mol. The molecule has 1 saturated carbocycles. The van der Waals surface area contributed by atoms with Crippen molar-refractivity contribution in [1.82, 2.24) is 5.32 Å². The maximum atomic E-state index is 12.2. The van der Waals surface area contributed by atoms with Crippen molar-refractivity contribution in [2.75, 3.05) is 6.54 Å². The molecule has 0 spiro atoms. The van der Waals surface area contributed by atoms with Crippen LogP contribution in [0.1, 0.15) is 44.6 Å². The number of carbonyl (C=O) groups excluding carboxylic acids is 1. The van der Waals surface area contributed by atoms with Crippen LogP contribution in [0.25, 0.3) is 0 Å². The van der Waals surface area contributed by atoms with Gasteiger partial charge >= 0.3 is 0 Å². The maximum absolute atomic E-state index is 12.2. The van der Waals surface area contributed by atoms with Crippen LogP contribution in [0.4, 0.5) is 0 Å². The molecule has 0 radical (unpaired) electrons. The topological polar surface area (TPSA) is 55.1 Å². The summed E-state index contributed by atoms with van der Waals surface area (Å²) in [5.41, 5.74) is 6.86. The first kappa shape index (κ1) is 19.6. The van der Waals surface area contributed by atoms with E-state index in [-0.39, 0.29) is 35.7 Å². The second-order valence-electron chi connectivity index (χ2n) is 5.88. The Kier molecular flexibility index (Phi) is 7.00. The van der Waals surface area contributed by atoms with Crippen molar-refractivity contribution >= 4 is 41.5 Å². The number of amides is 1. The van der Waals surface area contributed by atoms with E-state index >= 15 is 0 Å². The van der Waals surface area contributed by atoms with E-state index in [1.807, 2.05) is 26.0 Å². The Balaban J connectivity index is 0.00000242. The molecule has 1 aromatic rings. The van der Waals surface area contributed by atoms with Crippen molar-refractivity contribution in [1.29, 1.82) is 0 Å². The minimum atomic E-state index is -0.312. The van der Waals surface area contributed by atoms with Gasteiger partial charge in [0.15, 0.2) is 0 Å². The van der Waals surface area contributed by atoms with E-state index < -0.39 is 0 Å². The summed E-state index contributed by atoms with van der Waals surface area (Å²) in [7, 11) is 0. The van der Waals surface area contributed by atoms with Gasteiger partial charge in [-0.1, -0.05) is 49.2 Å². The molecule has 6 heteroatoms. The fraction of sp³-hybridized carbons (Fsp3) is 0.562. The zero-order valence-electron chi connectivity index (χ0n) is 12.9. The second-order valence-corrected chi connectivity index (χ2v) is 6.66. The number of rotatable bonds is 6. The molecule has 124 valence electrons. The lowest BCUT2D eigenvalue weighted by atomic mass is 9.94. The summed E-state index contributed by atoms with van der Waals surface area (Å²) >= 11 is 12.2. The first-order valence-corrected chi connectivity index (χ1v) is 8.18. The maximum Gasteiger partial charge on any atom is 0.223 e. The molecule has 1 amide bonds. The van der Waals surface area contributed by atoms with Crippen molar-refractivity contribution in [3.63, 3.8) is 0 Å². The van der Waals surface area contributed by atoms with Gasteiger partial charge in [-0.15, -0.1) is 12.4 Å². The van der Waals surface area contributed by atoms with Gasteiger partial charge in [0.2, 0.25) is 5.91 Å². The lowest BCUT2D eigenvalue weighted by Crippen LogP contribution is -2.49. The van der Waals surface area contributed by atoms with E-state index in [4.69, 9.17) is 28.9 Å². The third-order valence-electron chi connectivity index (χ3n) is 4.53. The minimum absolute atomic E-state index is 0. The highest BCUT2D eigenvalue weighted by atomic mass is 35.5. The zero-order chi connectivity index (χ0) is 15.6. The van der Waals surface area contributed by atoms with Crippen LogP contribution in [0, 0.1) is 5.92 Å². The fourth-order valence-electron chi connectivity index (χ4n) is 2.53. The molecule has 0 aliphatic heterocycles. The number of hydrogen-bond donors (Lipinski definition) is 2. The summed E-state index contributed by atoms with van der Waals surface area (Å²) < 4.78 is 0. The van der Waals surface area contributed by atoms with Gasteiger partial charge in [-0.05, 0) is 36.8 Å². The Morgan fingerprint density at radius 3 is 2.59 bits per heavy atom. The monoisotopic (exact) mass is 364 g/mol. The molecule has 2 atom stereocenters. The third kappa shape index (κ3) is 4.29. The highest BCUT2D eigenvalue weighted by Gasteiger charge is 2.45. The molecular weight excluding hydrogens is 343 g/mol. The quantitative estimate of drug-likeness (QED) is 0.795. The molecule has 0 aromatic heterocycles. The standard InChI is InChI=1S/C16H22Cl2N2O.ClH/c1-3-16(19,4-2)9-20-15(21)12-8-11(12)10-6-5-7-13(17)14(10)18;/h5-7,11-12H,3-4,8-9,19H2,1-2H3,(H,20,21);1H. The predicted molar refractivity (Wildman–Crippen MR) is 95.1 cm³/mol. The van der Waals surface area contributed by atoms with Crippen molar-refractivity contribution in [3.05, 3.63) is 33.8 Å².